The van der Waals surface area contributed by atoms with Crippen molar-refractivity contribution in [1.29, 1.82) is 0 Å². The minimum absolute atomic E-state index is 0.0519. The summed E-state index contributed by atoms with van der Waals surface area (Å²) >= 11 is 0. The van der Waals surface area contributed by atoms with Gasteiger partial charge in [0.25, 0.3) is 0 Å². The van der Waals surface area contributed by atoms with E-state index < -0.39 is 0 Å². The van der Waals surface area contributed by atoms with Crippen molar-refractivity contribution in [3.05, 3.63) is 22.5 Å². The number of fused-ring (bicyclic) bond motifs is 1. The summed E-state index contributed by atoms with van der Waals surface area (Å²) < 4.78 is 9.25. The first-order chi connectivity index (χ1) is 8.11. The Morgan fingerprint density at radius 2 is 2.41 bits per heavy atom. The van der Waals surface area contributed by atoms with Crippen LogP contribution < -0.4 is 4.90 Å². The second-order valence-corrected chi connectivity index (χ2v) is 3.51. The first-order valence-corrected chi connectivity index (χ1v) is 5.13. The van der Waals surface area contributed by atoms with E-state index in [-0.39, 0.29) is 23.6 Å². The van der Waals surface area contributed by atoms with Gasteiger partial charge >= 0.3 is 11.6 Å². The van der Waals surface area contributed by atoms with Crippen LogP contribution in [0.4, 0.5) is 0 Å². The molecule has 90 valence electrons. The third-order valence-corrected chi connectivity index (χ3v) is 2.23. The van der Waals surface area contributed by atoms with Gasteiger partial charge in [-0.15, -0.1) is 0 Å². The molecule has 2 aromatic heterocycles. The fraction of sp³-hybridized carbons (Fsp3) is 0.400. The van der Waals surface area contributed by atoms with Crippen molar-refractivity contribution in [3.8, 4) is 0 Å². The van der Waals surface area contributed by atoms with Gasteiger partial charge in [-0.25, -0.2) is 4.98 Å². The number of ether oxygens (including phenoxy) is 1. The second kappa shape index (κ2) is 4.36. The second-order valence-electron chi connectivity index (χ2n) is 3.51. The van der Waals surface area contributed by atoms with Crippen LogP contribution in [0.3, 0.4) is 0 Å². The Bertz CT molecular complexity index is 564. The van der Waals surface area contributed by atoms with E-state index in [9.17, 15) is 10.0 Å². The van der Waals surface area contributed by atoms with E-state index in [0.29, 0.717) is 22.8 Å². The number of nitrogens with zero attached hydrogens (tertiary/aromatic N) is 3. The van der Waals surface area contributed by atoms with Gasteiger partial charge in [0.2, 0.25) is 5.52 Å². The highest BCUT2D eigenvalue weighted by molar-refractivity contribution is 5.74. The molecule has 7 nitrogen and oxygen atoms in total. The lowest BCUT2D eigenvalue weighted by atomic mass is 10.2. The van der Waals surface area contributed by atoms with Gasteiger partial charge in [0.05, 0.1) is 23.9 Å². The fourth-order valence-electron chi connectivity index (χ4n) is 1.57. The van der Waals surface area contributed by atoms with Gasteiger partial charge in [0, 0.05) is 5.56 Å². The van der Waals surface area contributed by atoms with Crippen LogP contribution >= 0.6 is 0 Å². The first-order valence-electron chi connectivity index (χ1n) is 5.13. The van der Waals surface area contributed by atoms with Crippen molar-refractivity contribution in [1.82, 2.24) is 10.1 Å². The molecule has 0 saturated carbocycles. The minimum atomic E-state index is -0.364. The van der Waals surface area contributed by atoms with Crippen molar-refractivity contribution in [3.63, 3.8) is 0 Å². The predicted molar refractivity (Wildman–Crippen MR) is 55.8 cm³/mol. The number of carbonyl (C=O) groups excluding carboxylic acids is 1. The average molecular weight is 237 g/mol. The molecule has 0 saturated heterocycles. The van der Waals surface area contributed by atoms with Crippen LogP contribution in [0.25, 0.3) is 11.2 Å². The van der Waals surface area contributed by atoms with E-state index in [1.807, 2.05) is 0 Å². The zero-order valence-electron chi connectivity index (χ0n) is 9.47. The van der Waals surface area contributed by atoms with Crippen molar-refractivity contribution in [2.45, 2.75) is 20.3 Å². The molecule has 0 amide bonds. The molecular formula is C10H11N3O4. The Morgan fingerprint density at radius 3 is 3.12 bits per heavy atom. The normalized spacial score (nSPS) is 10.7. The molecule has 0 atom stereocenters. The lowest BCUT2D eigenvalue weighted by molar-refractivity contribution is -0.782. The molecule has 0 aliphatic heterocycles. The Kier molecular flexibility index (Phi) is 2.90. The van der Waals surface area contributed by atoms with Crippen LogP contribution in [0.2, 0.25) is 0 Å². The van der Waals surface area contributed by atoms with Gasteiger partial charge in [-0.1, -0.05) is 0 Å². The summed E-state index contributed by atoms with van der Waals surface area (Å²) in [6.07, 6.45) is 0.0519. The topological polar surface area (TPSA) is 92.2 Å². The minimum Gasteiger partial charge on any atom is -0.466 e. The Hall–Kier alpha value is -2.18. The standard InChI is InChI=1S/C10H11N3O4/c1-3-16-8(14)5-7-4-6(2)9-10(11-7)12-17-13(9)15/h4H,3,5H2,1-2H3. The van der Waals surface area contributed by atoms with Gasteiger partial charge in [-0.3, -0.25) is 9.42 Å². The molecule has 0 radical (unpaired) electrons. The number of esters is 1. The Labute approximate surface area is 96.5 Å². The van der Waals surface area contributed by atoms with Gasteiger partial charge in [0.1, 0.15) is 0 Å². The molecule has 0 bridgehead atoms. The zero-order valence-corrected chi connectivity index (χ0v) is 9.47. The number of hydrogen-bond donors (Lipinski definition) is 0. The van der Waals surface area contributed by atoms with E-state index in [4.69, 9.17) is 4.74 Å². The van der Waals surface area contributed by atoms with Crippen molar-refractivity contribution < 1.29 is 19.1 Å². The molecule has 0 N–H and O–H groups in total. The van der Waals surface area contributed by atoms with E-state index in [1.54, 1.807) is 19.9 Å². The molecule has 0 aromatic carbocycles. The predicted octanol–water partition coefficient (Wildman–Crippen LogP) is 0.270. The number of aromatic nitrogens is 3. The van der Waals surface area contributed by atoms with Crippen LogP contribution in [0.1, 0.15) is 18.2 Å². The molecular weight excluding hydrogens is 226 g/mol. The molecule has 17 heavy (non-hydrogen) atoms. The third kappa shape index (κ3) is 2.17. The van der Waals surface area contributed by atoms with Crippen molar-refractivity contribution in [2.75, 3.05) is 6.61 Å². The molecule has 0 aliphatic rings. The van der Waals surface area contributed by atoms with Crippen LogP contribution in [-0.4, -0.2) is 22.7 Å². The quantitative estimate of drug-likeness (QED) is 0.562. The summed E-state index contributed by atoms with van der Waals surface area (Å²) in [6, 6.07) is 1.64. The third-order valence-electron chi connectivity index (χ3n) is 2.23. The van der Waals surface area contributed by atoms with Crippen LogP contribution in [-0.2, 0) is 16.0 Å². The molecule has 2 heterocycles. The summed E-state index contributed by atoms with van der Waals surface area (Å²) in [5.74, 6) is -0.364. The van der Waals surface area contributed by atoms with Gasteiger partial charge in [-0.2, -0.15) is 0 Å². The molecule has 2 aromatic rings. The van der Waals surface area contributed by atoms with E-state index in [2.05, 4.69) is 14.8 Å². The van der Waals surface area contributed by atoms with Gasteiger partial charge < -0.3 is 9.94 Å². The smallest absolute Gasteiger partial charge is 0.341 e. The zero-order chi connectivity index (χ0) is 12.4. The highest BCUT2D eigenvalue weighted by Gasteiger charge is 2.17. The van der Waals surface area contributed by atoms with Crippen LogP contribution in [0, 0.1) is 12.1 Å². The van der Waals surface area contributed by atoms with E-state index >= 15 is 0 Å². The van der Waals surface area contributed by atoms with Crippen molar-refractivity contribution in [2.24, 2.45) is 0 Å². The molecule has 0 aliphatic carbocycles. The lowest BCUT2D eigenvalue weighted by Crippen LogP contribution is -2.23. The lowest BCUT2D eigenvalue weighted by Gasteiger charge is -2.01. The van der Waals surface area contributed by atoms with E-state index in [0.717, 1.165) is 0 Å². The largest absolute Gasteiger partial charge is 0.466 e. The highest BCUT2D eigenvalue weighted by Crippen LogP contribution is 2.12. The fourth-order valence-corrected chi connectivity index (χ4v) is 1.57. The summed E-state index contributed by atoms with van der Waals surface area (Å²) in [4.78, 5) is 15.6. The Balaban J connectivity index is 2.34. The summed E-state index contributed by atoms with van der Waals surface area (Å²) in [5, 5.41) is 14.7. The molecule has 2 rings (SSSR count). The summed E-state index contributed by atoms with van der Waals surface area (Å²) in [6.45, 7) is 3.78. The maximum Gasteiger partial charge on any atom is 0.341 e. The Morgan fingerprint density at radius 1 is 1.65 bits per heavy atom. The maximum atomic E-state index is 11.3. The number of rotatable bonds is 3. The molecule has 0 unspecified atom stereocenters. The monoisotopic (exact) mass is 237 g/mol. The molecule has 7 heteroatoms. The number of pyridine rings is 1. The molecule has 0 fully saturated rings. The summed E-state index contributed by atoms with van der Waals surface area (Å²) in [5.41, 5.74) is 1.63. The highest BCUT2D eigenvalue weighted by atomic mass is 16.8. The number of hydrogen-bond acceptors (Lipinski definition) is 6. The SMILES string of the molecule is CCOC(=O)Cc1cc(C)c2c(no[n+]2[O-])n1. The molecule has 0 spiro atoms. The van der Waals surface area contributed by atoms with Crippen LogP contribution in [0.15, 0.2) is 10.7 Å². The van der Waals surface area contributed by atoms with Crippen LogP contribution in [0.5, 0.6) is 0 Å². The average Bonchev–Trinajstić information content (AvgIpc) is 2.60. The summed E-state index contributed by atoms with van der Waals surface area (Å²) in [7, 11) is 0. The first kappa shape index (κ1) is 11.3. The number of aryl methyl sites for hydroxylation is 1. The maximum absolute atomic E-state index is 11.3. The van der Waals surface area contributed by atoms with Crippen molar-refractivity contribution >= 4 is 17.1 Å². The van der Waals surface area contributed by atoms with Gasteiger partial charge in [0.15, 0.2) is 0 Å². The van der Waals surface area contributed by atoms with Gasteiger partial charge in [-0.05, 0) is 24.8 Å². The number of carbonyl (C=O) groups is 1. The van der Waals surface area contributed by atoms with E-state index in [1.165, 1.54) is 0 Å².